The standard InChI is InChI=1S/C17H31N5O2/c1-12(2)10-18-15(23)11-21-6-8-22(9-7-21)14(5)17-19-16(13(3)4)20-24-17/h12-14H,6-11H2,1-5H3,(H,18,23)/t14-/m0/s1. The van der Waals surface area contributed by atoms with Crippen LogP contribution in [0.15, 0.2) is 4.52 Å². The Morgan fingerprint density at radius 3 is 2.38 bits per heavy atom. The molecule has 0 aliphatic carbocycles. The van der Waals surface area contributed by atoms with Crippen molar-refractivity contribution in [3.63, 3.8) is 0 Å². The van der Waals surface area contributed by atoms with Crippen LogP contribution in [0, 0.1) is 5.92 Å². The number of nitrogens with zero attached hydrogens (tertiary/aromatic N) is 4. The van der Waals surface area contributed by atoms with Crippen LogP contribution < -0.4 is 5.32 Å². The Morgan fingerprint density at radius 1 is 1.17 bits per heavy atom. The smallest absolute Gasteiger partial charge is 0.243 e. The lowest BCUT2D eigenvalue weighted by molar-refractivity contribution is -0.122. The zero-order valence-electron chi connectivity index (χ0n) is 15.6. The van der Waals surface area contributed by atoms with Crippen LogP contribution in [-0.2, 0) is 4.79 Å². The third-order valence-electron chi connectivity index (χ3n) is 4.36. The fourth-order valence-corrected chi connectivity index (χ4v) is 2.69. The topological polar surface area (TPSA) is 74.5 Å². The zero-order valence-corrected chi connectivity index (χ0v) is 15.6. The van der Waals surface area contributed by atoms with Crippen molar-refractivity contribution in [2.75, 3.05) is 39.3 Å². The predicted molar refractivity (Wildman–Crippen MR) is 92.7 cm³/mol. The molecule has 0 aromatic carbocycles. The number of hydrogen-bond donors (Lipinski definition) is 1. The summed E-state index contributed by atoms with van der Waals surface area (Å²) in [6, 6.07) is 0.113. The van der Waals surface area contributed by atoms with Crippen molar-refractivity contribution in [2.24, 2.45) is 5.92 Å². The molecule has 0 bridgehead atoms. The molecule has 0 unspecified atom stereocenters. The number of nitrogens with one attached hydrogen (secondary N) is 1. The second kappa shape index (κ2) is 8.58. The van der Waals surface area contributed by atoms with Gasteiger partial charge in [-0.15, -0.1) is 0 Å². The molecule has 1 aromatic rings. The van der Waals surface area contributed by atoms with Crippen molar-refractivity contribution in [3.05, 3.63) is 11.7 Å². The highest BCUT2D eigenvalue weighted by Crippen LogP contribution is 2.21. The van der Waals surface area contributed by atoms with E-state index >= 15 is 0 Å². The Hall–Kier alpha value is -1.47. The van der Waals surface area contributed by atoms with Crippen molar-refractivity contribution in [1.82, 2.24) is 25.3 Å². The van der Waals surface area contributed by atoms with Crippen molar-refractivity contribution in [3.8, 4) is 0 Å². The minimum absolute atomic E-state index is 0.113. The lowest BCUT2D eigenvalue weighted by Gasteiger charge is -2.36. The van der Waals surface area contributed by atoms with Gasteiger partial charge in [0.15, 0.2) is 5.82 Å². The van der Waals surface area contributed by atoms with E-state index in [1.807, 2.05) is 0 Å². The van der Waals surface area contributed by atoms with Crippen molar-refractivity contribution in [1.29, 1.82) is 0 Å². The van der Waals surface area contributed by atoms with E-state index in [1.54, 1.807) is 0 Å². The van der Waals surface area contributed by atoms with E-state index in [2.05, 4.69) is 59.9 Å². The lowest BCUT2D eigenvalue weighted by atomic mass is 10.2. The molecule has 1 aliphatic rings. The minimum Gasteiger partial charge on any atom is -0.355 e. The van der Waals surface area contributed by atoms with Gasteiger partial charge in [0, 0.05) is 38.6 Å². The highest BCUT2D eigenvalue weighted by molar-refractivity contribution is 5.78. The van der Waals surface area contributed by atoms with Crippen LogP contribution in [0.4, 0.5) is 0 Å². The predicted octanol–water partition coefficient (Wildman–Crippen LogP) is 1.64. The highest BCUT2D eigenvalue weighted by Gasteiger charge is 2.26. The molecule has 136 valence electrons. The van der Waals surface area contributed by atoms with E-state index in [0.29, 0.717) is 18.4 Å². The van der Waals surface area contributed by atoms with E-state index in [9.17, 15) is 4.79 Å². The van der Waals surface area contributed by atoms with Crippen molar-refractivity contribution in [2.45, 2.75) is 46.6 Å². The Morgan fingerprint density at radius 2 is 1.83 bits per heavy atom. The average Bonchev–Trinajstić information content (AvgIpc) is 3.03. The summed E-state index contributed by atoms with van der Waals surface area (Å²) in [6.07, 6.45) is 0. The van der Waals surface area contributed by atoms with Gasteiger partial charge in [0.1, 0.15) is 0 Å². The van der Waals surface area contributed by atoms with Crippen molar-refractivity contribution < 1.29 is 9.32 Å². The van der Waals surface area contributed by atoms with Gasteiger partial charge in [-0.25, -0.2) is 0 Å². The fraction of sp³-hybridized carbons (Fsp3) is 0.824. The Balaban J connectivity index is 1.78. The normalized spacial score (nSPS) is 18.3. The minimum atomic E-state index is 0.113. The van der Waals surface area contributed by atoms with Gasteiger partial charge in [0.25, 0.3) is 0 Å². The van der Waals surface area contributed by atoms with Gasteiger partial charge < -0.3 is 9.84 Å². The van der Waals surface area contributed by atoms with Gasteiger partial charge in [-0.3, -0.25) is 14.6 Å². The van der Waals surface area contributed by atoms with Crippen LogP contribution in [0.3, 0.4) is 0 Å². The van der Waals surface area contributed by atoms with Gasteiger partial charge >= 0.3 is 0 Å². The molecule has 1 amide bonds. The molecule has 1 N–H and O–H groups in total. The first-order valence-electron chi connectivity index (χ1n) is 8.93. The number of carbonyl (C=O) groups is 1. The maximum atomic E-state index is 11.9. The number of amides is 1. The number of rotatable bonds is 7. The van der Waals surface area contributed by atoms with Gasteiger partial charge in [0.2, 0.25) is 11.8 Å². The van der Waals surface area contributed by atoms with Crippen LogP contribution in [0.5, 0.6) is 0 Å². The summed E-state index contributed by atoms with van der Waals surface area (Å²) in [7, 11) is 0. The third kappa shape index (κ3) is 5.27. The van der Waals surface area contributed by atoms with Gasteiger partial charge in [-0.2, -0.15) is 4.98 Å². The Bertz CT molecular complexity index is 521. The summed E-state index contributed by atoms with van der Waals surface area (Å²) < 4.78 is 5.41. The summed E-state index contributed by atoms with van der Waals surface area (Å²) in [5, 5.41) is 7.02. The van der Waals surface area contributed by atoms with Crippen LogP contribution in [0.2, 0.25) is 0 Å². The maximum absolute atomic E-state index is 11.9. The second-order valence-corrected chi connectivity index (χ2v) is 7.33. The van der Waals surface area contributed by atoms with Crippen LogP contribution in [0.1, 0.15) is 58.3 Å². The monoisotopic (exact) mass is 337 g/mol. The van der Waals surface area contributed by atoms with E-state index in [0.717, 1.165) is 38.5 Å². The molecule has 7 nitrogen and oxygen atoms in total. The molecule has 1 atom stereocenters. The van der Waals surface area contributed by atoms with E-state index in [1.165, 1.54) is 0 Å². The number of piperazine rings is 1. The highest BCUT2D eigenvalue weighted by atomic mass is 16.5. The van der Waals surface area contributed by atoms with Crippen LogP contribution in [0.25, 0.3) is 0 Å². The first-order valence-corrected chi connectivity index (χ1v) is 8.93. The molecular weight excluding hydrogens is 306 g/mol. The SMILES string of the molecule is CC(C)CNC(=O)CN1CCN([C@@H](C)c2nc(C(C)C)no2)CC1. The summed E-state index contributed by atoms with van der Waals surface area (Å²) in [6.45, 7) is 15.2. The van der Waals surface area contributed by atoms with Crippen LogP contribution >= 0.6 is 0 Å². The second-order valence-electron chi connectivity index (χ2n) is 7.33. The maximum Gasteiger partial charge on any atom is 0.243 e. The average molecular weight is 337 g/mol. The van der Waals surface area contributed by atoms with Gasteiger partial charge in [0.05, 0.1) is 12.6 Å². The molecule has 2 heterocycles. The van der Waals surface area contributed by atoms with E-state index in [4.69, 9.17) is 4.52 Å². The largest absolute Gasteiger partial charge is 0.355 e. The molecule has 1 aromatic heterocycles. The van der Waals surface area contributed by atoms with Crippen LogP contribution in [-0.4, -0.2) is 65.1 Å². The first-order chi connectivity index (χ1) is 11.4. The summed E-state index contributed by atoms with van der Waals surface area (Å²) in [5.74, 6) is 2.32. The number of aromatic nitrogens is 2. The molecular formula is C17H31N5O2. The van der Waals surface area contributed by atoms with E-state index in [-0.39, 0.29) is 17.9 Å². The molecule has 24 heavy (non-hydrogen) atoms. The molecule has 0 radical (unpaired) electrons. The molecule has 1 saturated heterocycles. The molecule has 1 fully saturated rings. The molecule has 0 spiro atoms. The zero-order chi connectivity index (χ0) is 17.7. The summed E-state index contributed by atoms with van der Waals surface area (Å²) >= 11 is 0. The number of hydrogen-bond acceptors (Lipinski definition) is 6. The first kappa shape index (κ1) is 18.9. The van der Waals surface area contributed by atoms with Crippen molar-refractivity contribution >= 4 is 5.91 Å². The molecule has 1 aliphatic heterocycles. The molecule has 2 rings (SSSR count). The lowest BCUT2D eigenvalue weighted by Crippen LogP contribution is -2.50. The third-order valence-corrected chi connectivity index (χ3v) is 4.36. The molecule has 0 saturated carbocycles. The summed E-state index contributed by atoms with van der Waals surface area (Å²) in [4.78, 5) is 20.9. The van der Waals surface area contributed by atoms with E-state index < -0.39 is 0 Å². The summed E-state index contributed by atoms with van der Waals surface area (Å²) in [5.41, 5.74) is 0. The molecule has 7 heteroatoms. The fourth-order valence-electron chi connectivity index (χ4n) is 2.69. The number of carbonyl (C=O) groups excluding carboxylic acids is 1. The Kier molecular flexibility index (Phi) is 6.74. The Labute approximate surface area is 144 Å². The van der Waals surface area contributed by atoms with Gasteiger partial charge in [-0.1, -0.05) is 32.9 Å². The van der Waals surface area contributed by atoms with Gasteiger partial charge in [-0.05, 0) is 12.8 Å². The quantitative estimate of drug-likeness (QED) is 0.815.